The lowest BCUT2D eigenvalue weighted by atomic mass is 10.3. The molecule has 0 aliphatic carbocycles. The Hall–Kier alpha value is 0.0700. The molecular weight excluding hydrogens is 207 g/mol. The van der Waals surface area contributed by atoms with Crippen LogP contribution in [0.25, 0.3) is 0 Å². The van der Waals surface area contributed by atoms with E-state index in [-0.39, 0.29) is 12.1 Å². The highest BCUT2D eigenvalue weighted by atomic mass is 31.2. The van der Waals surface area contributed by atoms with Crippen molar-refractivity contribution in [2.24, 2.45) is 5.92 Å². The van der Waals surface area contributed by atoms with Crippen LogP contribution in [0.3, 0.4) is 0 Å². The molecule has 0 aromatic carbocycles. The average molecular weight is 226 g/mol. The molecule has 0 heterocycles. The van der Waals surface area contributed by atoms with E-state index in [9.17, 15) is 4.57 Å². The molecular formula is C8H19O5P. The van der Waals surface area contributed by atoms with Gasteiger partial charge in [0, 0.05) is 0 Å². The van der Waals surface area contributed by atoms with Crippen LogP contribution in [-0.2, 0) is 23.7 Å². The van der Waals surface area contributed by atoms with E-state index in [1.54, 1.807) is 13.8 Å². The average Bonchev–Trinajstić information content (AvgIpc) is 2.11. The van der Waals surface area contributed by atoms with Gasteiger partial charge in [-0.05, 0) is 19.8 Å². The largest absolute Gasteiger partial charge is 0.384 e. The van der Waals surface area contributed by atoms with E-state index in [1.807, 2.05) is 13.8 Å². The quantitative estimate of drug-likeness (QED) is 0.362. The molecule has 86 valence electrons. The zero-order valence-electron chi connectivity index (χ0n) is 9.19. The van der Waals surface area contributed by atoms with Crippen molar-refractivity contribution in [1.82, 2.24) is 0 Å². The monoisotopic (exact) mass is 226 g/mol. The Labute approximate surface area is 85.1 Å². The predicted octanol–water partition coefficient (Wildman–Crippen LogP) is 2.77. The summed E-state index contributed by atoms with van der Waals surface area (Å²) in [5, 5.41) is 0. The Morgan fingerprint density at radius 3 is 1.79 bits per heavy atom. The predicted molar refractivity (Wildman–Crippen MR) is 52.7 cm³/mol. The minimum atomic E-state index is -3.25. The zero-order chi connectivity index (χ0) is 11.0. The Balaban J connectivity index is 4.11. The molecule has 0 aromatic heterocycles. The fraction of sp³-hybridized carbons (Fsp3) is 1.00. The van der Waals surface area contributed by atoms with Crippen LogP contribution in [0, 0.1) is 5.92 Å². The summed E-state index contributed by atoms with van der Waals surface area (Å²) < 4.78 is 21.2. The van der Waals surface area contributed by atoms with E-state index in [0.29, 0.717) is 13.2 Å². The van der Waals surface area contributed by atoms with Crippen LogP contribution in [0.4, 0.5) is 0 Å². The number of hydrogen-bond acceptors (Lipinski definition) is 5. The van der Waals surface area contributed by atoms with Crippen molar-refractivity contribution < 1.29 is 23.7 Å². The second-order valence-corrected chi connectivity index (χ2v) is 5.03. The smallest absolute Gasteiger partial charge is 0.255 e. The summed E-state index contributed by atoms with van der Waals surface area (Å²) in [7, 11) is -3.25. The molecule has 0 saturated heterocycles. The van der Waals surface area contributed by atoms with Crippen LogP contribution >= 0.6 is 7.60 Å². The molecule has 0 radical (unpaired) electrons. The summed E-state index contributed by atoms with van der Waals surface area (Å²) in [6.07, 6.45) is 0.271. The molecule has 0 amide bonds. The summed E-state index contributed by atoms with van der Waals surface area (Å²) in [5.74, 6) is 0.182. The zero-order valence-corrected chi connectivity index (χ0v) is 10.1. The van der Waals surface area contributed by atoms with Gasteiger partial charge in [0.1, 0.15) is 0 Å². The highest BCUT2D eigenvalue weighted by molar-refractivity contribution is 7.53. The van der Waals surface area contributed by atoms with Gasteiger partial charge in [0.25, 0.3) is 0 Å². The van der Waals surface area contributed by atoms with Gasteiger partial charge < -0.3 is 0 Å². The first kappa shape index (κ1) is 14.1. The van der Waals surface area contributed by atoms with Gasteiger partial charge in [-0.2, -0.15) is 0 Å². The van der Waals surface area contributed by atoms with Crippen molar-refractivity contribution in [3.8, 4) is 0 Å². The third-order valence-electron chi connectivity index (χ3n) is 1.16. The van der Waals surface area contributed by atoms with Gasteiger partial charge in [-0.15, -0.1) is 9.35 Å². The Kier molecular flexibility index (Phi) is 7.41. The molecule has 0 fully saturated rings. The van der Waals surface area contributed by atoms with Gasteiger partial charge in [0.15, 0.2) is 0 Å². The highest BCUT2D eigenvalue weighted by Crippen LogP contribution is 2.50. The van der Waals surface area contributed by atoms with Crippen LogP contribution in [0.1, 0.15) is 27.7 Å². The molecule has 14 heavy (non-hydrogen) atoms. The van der Waals surface area contributed by atoms with Crippen LogP contribution in [-0.4, -0.2) is 19.4 Å². The van der Waals surface area contributed by atoms with Gasteiger partial charge in [0.2, 0.25) is 0 Å². The first-order chi connectivity index (χ1) is 6.54. The number of rotatable bonds is 8. The lowest BCUT2D eigenvalue weighted by Crippen LogP contribution is -2.06. The first-order valence-corrected chi connectivity index (χ1v) is 6.48. The second kappa shape index (κ2) is 7.37. The Morgan fingerprint density at radius 1 is 1.07 bits per heavy atom. The third kappa shape index (κ3) is 6.51. The van der Waals surface area contributed by atoms with E-state index >= 15 is 0 Å². The second-order valence-electron chi connectivity index (χ2n) is 3.15. The van der Waals surface area contributed by atoms with Gasteiger partial charge in [0.05, 0.1) is 19.4 Å². The van der Waals surface area contributed by atoms with E-state index in [2.05, 4.69) is 9.78 Å². The van der Waals surface area contributed by atoms with Crippen molar-refractivity contribution in [2.45, 2.75) is 27.7 Å². The van der Waals surface area contributed by atoms with Crippen molar-refractivity contribution in [3.05, 3.63) is 0 Å². The van der Waals surface area contributed by atoms with E-state index < -0.39 is 7.60 Å². The summed E-state index contributed by atoms with van der Waals surface area (Å²) in [6, 6.07) is 0. The van der Waals surface area contributed by atoms with Crippen molar-refractivity contribution >= 4 is 7.60 Å². The minimum absolute atomic E-state index is 0.182. The molecule has 5 nitrogen and oxygen atoms in total. The van der Waals surface area contributed by atoms with Crippen LogP contribution in [0.5, 0.6) is 0 Å². The van der Waals surface area contributed by atoms with Crippen molar-refractivity contribution in [3.63, 3.8) is 0 Å². The lowest BCUT2D eigenvalue weighted by molar-refractivity contribution is -0.263. The Morgan fingerprint density at radius 2 is 1.50 bits per heavy atom. The van der Waals surface area contributed by atoms with Crippen molar-refractivity contribution in [2.75, 3.05) is 19.4 Å². The fourth-order valence-corrected chi connectivity index (χ4v) is 2.36. The maximum absolute atomic E-state index is 11.8. The summed E-state index contributed by atoms with van der Waals surface area (Å²) in [4.78, 5) is 9.26. The molecule has 0 aromatic rings. The van der Waals surface area contributed by atoms with E-state index in [0.717, 1.165) is 0 Å². The Bertz CT molecular complexity index is 171. The normalized spacial score (nSPS) is 12.4. The number of hydrogen-bond donors (Lipinski definition) is 0. The van der Waals surface area contributed by atoms with Gasteiger partial charge in [-0.1, -0.05) is 13.8 Å². The molecule has 0 saturated carbocycles. The lowest BCUT2D eigenvalue weighted by Gasteiger charge is -2.16. The molecule has 0 atom stereocenters. The van der Waals surface area contributed by atoms with Gasteiger partial charge in [-0.25, -0.2) is 9.78 Å². The molecule has 0 rings (SSSR count). The summed E-state index contributed by atoms with van der Waals surface area (Å²) in [5.41, 5.74) is 0. The fourth-order valence-electron chi connectivity index (χ4n) is 0.787. The summed E-state index contributed by atoms with van der Waals surface area (Å²) in [6.45, 7) is 7.93. The van der Waals surface area contributed by atoms with Gasteiger partial charge in [-0.3, -0.25) is 4.57 Å². The first-order valence-electron chi connectivity index (χ1n) is 4.75. The topological polar surface area (TPSA) is 54.0 Å². The standard InChI is InChI=1S/C8H19O5P/c1-5-10-12-14(9,7-8(3)4)13-11-6-2/h8H,5-7H2,1-4H3. The molecule has 6 heteroatoms. The van der Waals surface area contributed by atoms with Crippen molar-refractivity contribution in [1.29, 1.82) is 0 Å². The maximum atomic E-state index is 11.8. The van der Waals surface area contributed by atoms with Crippen LogP contribution < -0.4 is 0 Å². The van der Waals surface area contributed by atoms with E-state index in [4.69, 9.17) is 9.35 Å². The SMILES string of the molecule is CCOOP(=O)(CC(C)C)OOCC. The highest BCUT2D eigenvalue weighted by Gasteiger charge is 2.28. The van der Waals surface area contributed by atoms with E-state index in [1.165, 1.54) is 0 Å². The molecule has 0 spiro atoms. The van der Waals surface area contributed by atoms with Gasteiger partial charge >= 0.3 is 7.60 Å². The van der Waals surface area contributed by atoms with Crippen LogP contribution in [0.2, 0.25) is 0 Å². The molecule has 0 aliphatic heterocycles. The molecule has 0 aliphatic rings. The molecule has 0 bridgehead atoms. The molecule has 0 unspecified atom stereocenters. The maximum Gasteiger partial charge on any atom is 0.384 e. The third-order valence-corrected chi connectivity index (χ3v) is 3.00. The molecule has 0 N–H and O–H groups in total. The summed E-state index contributed by atoms with van der Waals surface area (Å²) >= 11 is 0. The minimum Gasteiger partial charge on any atom is -0.255 e. The van der Waals surface area contributed by atoms with Crippen LogP contribution in [0.15, 0.2) is 0 Å².